The van der Waals surface area contributed by atoms with Crippen molar-refractivity contribution in [1.29, 1.82) is 0 Å². The summed E-state index contributed by atoms with van der Waals surface area (Å²) in [5, 5.41) is 0. The molecule has 0 saturated carbocycles. The van der Waals surface area contributed by atoms with Gasteiger partial charge in [-0.1, -0.05) is 64.5 Å². The summed E-state index contributed by atoms with van der Waals surface area (Å²) in [6.07, 6.45) is 12.7. The molecule has 0 aromatic heterocycles. The van der Waals surface area contributed by atoms with Crippen LogP contribution in [0, 0.1) is 0 Å². The Kier molecular flexibility index (Phi) is 8.40. The van der Waals surface area contributed by atoms with E-state index in [4.69, 9.17) is 2.74 Å². The van der Waals surface area contributed by atoms with E-state index in [0.29, 0.717) is 6.90 Å². The third-order valence-corrected chi connectivity index (χ3v) is 2.17. The van der Waals surface area contributed by atoms with E-state index < -0.39 is 0 Å². The van der Waals surface area contributed by atoms with Crippen LogP contribution >= 0.6 is 0 Å². The third-order valence-electron chi connectivity index (χ3n) is 2.17. The van der Waals surface area contributed by atoms with Crippen LogP contribution in [0.2, 0.25) is 0 Å². The highest BCUT2D eigenvalue weighted by atomic mass is 13.9. The van der Waals surface area contributed by atoms with Crippen molar-refractivity contribution in [3.63, 3.8) is 0 Å². The maximum absolute atomic E-state index is 7.60. The zero-order chi connectivity index (χ0) is 11.4. The Balaban J connectivity index is 3.20. The average molecular weight is 184 g/mol. The van der Waals surface area contributed by atoms with E-state index in [1.807, 2.05) is 6.08 Å². The summed E-state index contributed by atoms with van der Waals surface area (Å²) in [5.74, 6) is 0. The number of hydrogen-bond donors (Lipinski definition) is 0. The van der Waals surface area contributed by atoms with Crippen molar-refractivity contribution in [1.82, 2.24) is 0 Å². The second kappa shape index (κ2) is 11.7. The molecule has 0 atom stereocenters. The molecule has 0 nitrogen and oxygen atoms in total. The minimum atomic E-state index is 0.452. The molecule has 0 aromatic carbocycles. The van der Waals surface area contributed by atoms with E-state index in [1.165, 1.54) is 38.5 Å². The Labute approximate surface area is 87.2 Å². The van der Waals surface area contributed by atoms with Gasteiger partial charge in [0.15, 0.2) is 0 Å². The highest BCUT2D eigenvalue weighted by Crippen LogP contribution is 2.07. The second-order valence-corrected chi connectivity index (χ2v) is 3.57. The molecule has 78 valence electrons. The fourth-order valence-electron chi connectivity index (χ4n) is 1.33. The van der Waals surface area contributed by atoms with Gasteiger partial charge in [-0.3, -0.25) is 0 Å². The lowest BCUT2D eigenvalue weighted by molar-refractivity contribution is 0.611. The Morgan fingerprint density at radius 1 is 1.00 bits per heavy atom. The summed E-state index contributed by atoms with van der Waals surface area (Å²) < 4.78 is 14.6. The predicted molar refractivity (Wildman–Crippen MR) is 62.0 cm³/mol. The normalized spacial score (nSPS) is 14.1. The molecular weight excluding hydrogens is 156 g/mol. The van der Waals surface area contributed by atoms with Crippen molar-refractivity contribution in [2.75, 3.05) is 0 Å². The Morgan fingerprint density at radius 3 is 2.54 bits per heavy atom. The summed E-state index contributed by atoms with van der Waals surface area (Å²) in [4.78, 5) is 0. The van der Waals surface area contributed by atoms with Crippen LogP contribution in [0.3, 0.4) is 0 Å². The van der Waals surface area contributed by atoms with Gasteiger partial charge in [-0.15, -0.1) is 0 Å². The van der Waals surface area contributed by atoms with Crippen LogP contribution in [-0.4, -0.2) is 0 Å². The topological polar surface area (TPSA) is 0 Å². The molecule has 0 saturated heterocycles. The minimum absolute atomic E-state index is 0.452. The van der Waals surface area contributed by atoms with Crippen LogP contribution in [0.15, 0.2) is 12.1 Å². The summed E-state index contributed by atoms with van der Waals surface area (Å²) >= 11 is 0. The Morgan fingerprint density at radius 2 is 1.77 bits per heavy atom. The fraction of sp³-hybridized carbons (Fsp3) is 0.846. The van der Waals surface area contributed by atoms with Crippen molar-refractivity contribution in [2.24, 2.45) is 0 Å². The van der Waals surface area contributed by atoms with E-state index in [2.05, 4.69) is 6.92 Å². The minimum Gasteiger partial charge on any atom is -0.0885 e. The predicted octanol–water partition coefficient (Wildman–Crippen LogP) is 5.09. The van der Waals surface area contributed by atoms with E-state index in [-0.39, 0.29) is 0 Å². The molecule has 0 fully saturated rings. The standard InChI is InChI=1S/C13H26/c1-3-5-7-9-11-13-12-10-8-6-4-2/h7,9H,3-6,8,10-13H2,1-2H3/b9-7-/i1D,7D. The van der Waals surface area contributed by atoms with Gasteiger partial charge in [0.2, 0.25) is 0 Å². The van der Waals surface area contributed by atoms with Crippen molar-refractivity contribution in [3.05, 3.63) is 12.1 Å². The summed E-state index contributed by atoms with van der Waals surface area (Å²) in [6.45, 7) is 2.69. The molecule has 0 aliphatic heterocycles. The first-order chi connectivity index (χ1) is 7.31. The molecule has 0 N–H and O–H groups in total. The summed E-state index contributed by atoms with van der Waals surface area (Å²) in [5.41, 5.74) is 0. The molecule has 0 aliphatic rings. The van der Waals surface area contributed by atoms with Gasteiger partial charge in [0, 0.05) is 1.37 Å². The van der Waals surface area contributed by atoms with E-state index in [9.17, 15) is 0 Å². The molecular formula is C13H26. The Bertz CT molecular complexity index is 153. The first-order valence-corrected chi connectivity index (χ1v) is 5.76. The van der Waals surface area contributed by atoms with Crippen LogP contribution in [0.4, 0.5) is 0 Å². The second-order valence-electron chi connectivity index (χ2n) is 3.57. The molecule has 0 heteroatoms. The lowest BCUT2D eigenvalue weighted by atomic mass is 10.1. The van der Waals surface area contributed by atoms with Gasteiger partial charge in [-0.2, -0.15) is 0 Å². The van der Waals surface area contributed by atoms with Crippen molar-refractivity contribution >= 4 is 0 Å². The van der Waals surface area contributed by atoms with E-state index >= 15 is 0 Å². The lowest BCUT2D eigenvalue weighted by Crippen LogP contribution is -1.77. The van der Waals surface area contributed by atoms with Gasteiger partial charge >= 0.3 is 0 Å². The number of unbranched alkanes of at least 4 members (excludes halogenated alkanes) is 6. The molecule has 0 radical (unpaired) electrons. The molecule has 0 rings (SSSR count). The number of rotatable bonds is 9. The van der Waals surface area contributed by atoms with Crippen LogP contribution in [0.5, 0.6) is 0 Å². The van der Waals surface area contributed by atoms with Gasteiger partial charge in [0.25, 0.3) is 0 Å². The summed E-state index contributed by atoms with van der Waals surface area (Å²) in [6, 6.07) is 0.732. The van der Waals surface area contributed by atoms with Crippen LogP contribution in [0.25, 0.3) is 0 Å². The fourth-order valence-corrected chi connectivity index (χ4v) is 1.33. The summed E-state index contributed by atoms with van der Waals surface area (Å²) in [7, 11) is 0. The molecule has 0 heterocycles. The lowest BCUT2D eigenvalue weighted by Gasteiger charge is -1.97. The van der Waals surface area contributed by atoms with Gasteiger partial charge in [0.05, 0.1) is 1.37 Å². The van der Waals surface area contributed by atoms with Gasteiger partial charge in [0.1, 0.15) is 0 Å². The first-order valence-electron chi connectivity index (χ1n) is 6.96. The van der Waals surface area contributed by atoms with Crippen molar-refractivity contribution in [3.8, 4) is 0 Å². The maximum Gasteiger partial charge on any atom is 0.0572 e. The molecule has 0 unspecified atom stereocenters. The average Bonchev–Trinajstić information content (AvgIpc) is 2.25. The third kappa shape index (κ3) is 11.7. The molecule has 13 heavy (non-hydrogen) atoms. The zero-order valence-corrected chi connectivity index (χ0v) is 9.15. The molecule has 0 aromatic rings. The maximum atomic E-state index is 7.60. The smallest absolute Gasteiger partial charge is 0.0572 e. The zero-order valence-electron chi connectivity index (χ0n) is 11.1. The quantitative estimate of drug-likeness (QED) is 0.346. The highest BCUT2D eigenvalue weighted by molar-refractivity contribution is 4.80. The monoisotopic (exact) mass is 184 g/mol. The molecule has 0 spiro atoms. The van der Waals surface area contributed by atoms with Gasteiger partial charge in [-0.25, -0.2) is 0 Å². The SMILES string of the molecule is [2H]CCC/C([2H])=C\CCCCCCCC. The number of allylic oxidation sites excluding steroid dienone is 2. The van der Waals surface area contributed by atoms with Gasteiger partial charge < -0.3 is 0 Å². The molecule has 0 amide bonds. The van der Waals surface area contributed by atoms with E-state index in [1.54, 1.807) is 0 Å². The highest BCUT2D eigenvalue weighted by Gasteiger charge is 1.87. The Hall–Kier alpha value is -0.260. The molecule has 0 aliphatic carbocycles. The first kappa shape index (κ1) is 9.30. The van der Waals surface area contributed by atoms with E-state index in [0.717, 1.165) is 25.3 Å². The molecule has 0 bridgehead atoms. The van der Waals surface area contributed by atoms with Crippen molar-refractivity contribution in [2.45, 2.75) is 71.6 Å². The van der Waals surface area contributed by atoms with Crippen LogP contribution in [0.1, 0.15) is 74.4 Å². The van der Waals surface area contributed by atoms with Crippen LogP contribution in [-0.2, 0) is 0 Å². The van der Waals surface area contributed by atoms with Crippen LogP contribution < -0.4 is 0 Å². The van der Waals surface area contributed by atoms with Crippen molar-refractivity contribution < 1.29 is 2.74 Å². The largest absolute Gasteiger partial charge is 0.0885 e. The van der Waals surface area contributed by atoms with Gasteiger partial charge in [-0.05, 0) is 19.3 Å². The number of hydrogen-bond acceptors (Lipinski definition) is 0.